The SMILES string of the molecule is CCCN1C(=O)[C@@H]2[C@@H](CC(COc3ccccc3)=C3[C@@H](CC/C(=C/c4cc(Br)ccc4O)c4ccccn4)OB(O)C[C@@H]32)C1=O. The lowest BCUT2D eigenvalue weighted by molar-refractivity contribution is -0.140. The smallest absolute Gasteiger partial charge is 0.455 e. The zero-order chi connectivity index (χ0) is 31.5. The van der Waals surface area contributed by atoms with Gasteiger partial charge < -0.3 is 19.5 Å². The molecule has 6 rings (SSSR count). The molecule has 2 fully saturated rings. The van der Waals surface area contributed by atoms with Crippen molar-refractivity contribution in [3.05, 3.63) is 99.8 Å². The van der Waals surface area contributed by atoms with Crippen LogP contribution in [-0.2, 0) is 14.2 Å². The van der Waals surface area contributed by atoms with Crippen LogP contribution < -0.4 is 4.74 Å². The van der Waals surface area contributed by atoms with Gasteiger partial charge in [-0.2, -0.15) is 0 Å². The zero-order valence-electron chi connectivity index (χ0n) is 25.1. The van der Waals surface area contributed by atoms with Gasteiger partial charge in [0, 0.05) is 22.8 Å². The van der Waals surface area contributed by atoms with Crippen LogP contribution >= 0.6 is 15.9 Å². The minimum atomic E-state index is -1.07. The molecule has 1 aromatic heterocycles. The molecule has 3 aromatic rings. The van der Waals surface area contributed by atoms with Gasteiger partial charge in [0.2, 0.25) is 11.8 Å². The summed E-state index contributed by atoms with van der Waals surface area (Å²) in [7, 11) is -1.07. The standard InChI is InChI=1S/C35H36BBrN2O6/c1-2-16-39-34(41)27-19-24(21-44-26-8-4-3-5-9-26)32-28(33(27)35(39)42)20-36(43)45-31(32)14-11-22(29-10-6-7-15-38-29)17-23-18-25(37)12-13-30(23)40/h3-10,12-13,15,17-18,27-28,31,33,40,43H,2,11,14,16,19-21H2,1H3/b22-17-/t27-,28+,31-,33-/m1/s1. The number of fused-ring (bicyclic) bond motifs is 3. The molecule has 3 heterocycles. The van der Waals surface area contributed by atoms with E-state index in [9.17, 15) is 19.7 Å². The van der Waals surface area contributed by atoms with E-state index in [1.54, 1.807) is 18.3 Å². The molecule has 8 nitrogen and oxygen atoms in total. The van der Waals surface area contributed by atoms with Gasteiger partial charge in [0.25, 0.3) is 0 Å². The van der Waals surface area contributed by atoms with E-state index < -0.39 is 25.1 Å². The fraction of sp³-hybridized carbons (Fsp3) is 0.343. The third-order valence-corrected chi connectivity index (χ3v) is 9.49. The highest BCUT2D eigenvalue weighted by molar-refractivity contribution is 9.10. The highest BCUT2D eigenvalue weighted by Gasteiger charge is 2.57. The number of carbonyl (C=O) groups excluding carboxylic acids is 2. The highest BCUT2D eigenvalue weighted by atomic mass is 79.9. The summed E-state index contributed by atoms with van der Waals surface area (Å²) in [5.74, 6) is -0.737. The molecule has 45 heavy (non-hydrogen) atoms. The molecular formula is C35H36BBrN2O6. The minimum Gasteiger partial charge on any atom is -0.507 e. The van der Waals surface area contributed by atoms with Gasteiger partial charge in [-0.15, -0.1) is 0 Å². The van der Waals surface area contributed by atoms with Crippen molar-refractivity contribution in [3.8, 4) is 11.5 Å². The molecule has 0 spiro atoms. The number of nitrogens with zero attached hydrogens (tertiary/aromatic N) is 2. The predicted molar refractivity (Wildman–Crippen MR) is 176 cm³/mol. The number of para-hydroxylation sites is 1. The van der Waals surface area contributed by atoms with Gasteiger partial charge in [-0.25, -0.2) is 0 Å². The Balaban J connectivity index is 1.36. The molecule has 3 aliphatic rings. The Hall–Kier alpha value is -3.73. The number of carbonyl (C=O) groups is 2. The second-order valence-electron chi connectivity index (χ2n) is 11.9. The molecule has 2 saturated heterocycles. The van der Waals surface area contributed by atoms with Crippen LogP contribution in [0, 0.1) is 17.8 Å². The molecule has 2 aliphatic heterocycles. The number of allylic oxidation sites excluding steroid dienone is 1. The Kier molecular flexibility index (Phi) is 9.54. The Labute approximate surface area is 272 Å². The maximum absolute atomic E-state index is 13.7. The average Bonchev–Trinajstić information content (AvgIpc) is 3.28. The first-order valence-electron chi connectivity index (χ1n) is 15.5. The highest BCUT2D eigenvalue weighted by Crippen LogP contribution is 2.51. The number of rotatable bonds is 10. The van der Waals surface area contributed by atoms with E-state index in [0.29, 0.717) is 43.5 Å². The Morgan fingerprint density at radius 2 is 1.91 bits per heavy atom. The van der Waals surface area contributed by atoms with Crippen LogP contribution in [0.4, 0.5) is 0 Å². The number of halogens is 1. The van der Waals surface area contributed by atoms with Crippen molar-refractivity contribution in [1.82, 2.24) is 9.88 Å². The molecule has 232 valence electrons. The van der Waals surface area contributed by atoms with E-state index in [0.717, 1.165) is 26.9 Å². The number of hydrogen-bond acceptors (Lipinski definition) is 7. The molecule has 2 aromatic carbocycles. The van der Waals surface area contributed by atoms with E-state index in [1.807, 2.05) is 67.6 Å². The summed E-state index contributed by atoms with van der Waals surface area (Å²) in [6.45, 7) is 2.62. The normalized spacial score (nSPS) is 23.3. The number of ether oxygens (including phenoxy) is 1. The van der Waals surface area contributed by atoms with Crippen molar-refractivity contribution in [2.24, 2.45) is 17.8 Å². The molecule has 0 saturated carbocycles. The summed E-state index contributed by atoms with van der Waals surface area (Å²) in [6, 6.07) is 20.5. The molecular weight excluding hydrogens is 635 g/mol. The summed E-state index contributed by atoms with van der Waals surface area (Å²) < 4.78 is 13.3. The molecule has 2 N–H and O–H groups in total. The molecule has 0 radical (unpaired) electrons. The van der Waals surface area contributed by atoms with Crippen molar-refractivity contribution < 1.29 is 29.1 Å². The summed E-state index contributed by atoms with van der Waals surface area (Å²) in [6.07, 6.45) is 5.52. The first-order valence-corrected chi connectivity index (χ1v) is 16.3. The van der Waals surface area contributed by atoms with Crippen molar-refractivity contribution in [1.29, 1.82) is 0 Å². The van der Waals surface area contributed by atoms with Crippen molar-refractivity contribution >= 4 is 46.5 Å². The van der Waals surface area contributed by atoms with Crippen LogP contribution in [0.2, 0.25) is 6.32 Å². The minimum absolute atomic E-state index is 0.130. The molecule has 1 aliphatic carbocycles. The van der Waals surface area contributed by atoms with E-state index in [1.165, 1.54) is 4.90 Å². The monoisotopic (exact) mass is 670 g/mol. The van der Waals surface area contributed by atoms with Gasteiger partial charge in [0.05, 0.1) is 23.6 Å². The zero-order valence-corrected chi connectivity index (χ0v) is 26.7. The van der Waals surface area contributed by atoms with Gasteiger partial charge in [-0.1, -0.05) is 47.1 Å². The quantitative estimate of drug-likeness (QED) is 0.151. The van der Waals surface area contributed by atoms with Crippen molar-refractivity contribution in [3.63, 3.8) is 0 Å². The van der Waals surface area contributed by atoms with E-state index >= 15 is 0 Å². The lowest BCUT2D eigenvalue weighted by atomic mass is 9.58. The number of phenolic OH excluding ortho intramolecular Hbond substituents is 1. The third-order valence-electron chi connectivity index (χ3n) is 8.99. The third kappa shape index (κ3) is 6.64. The second kappa shape index (κ2) is 13.7. The largest absolute Gasteiger partial charge is 0.507 e. The van der Waals surface area contributed by atoms with E-state index in [4.69, 9.17) is 9.39 Å². The number of pyridine rings is 1. The van der Waals surface area contributed by atoms with Gasteiger partial charge in [-0.05, 0) is 103 Å². The van der Waals surface area contributed by atoms with Crippen molar-refractivity contribution in [2.75, 3.05) is 13.2 Å². The van der Waals surface area contributed by atoms with Crippen LogP contribution in [0.25, 0.3) is 11.6 Å². The number of aromatic hydroxyl groups is 1. The first kappa shape index (κ1) is 31.3. The fourth-order valence-corrected chi connectivity index (χ4v) is 7.41. The molecule has 10 heteroatoms. The van der Waals surface area contributed by atoms with Crippen molar-refractivity contribution in [2.45, 2.75) is 45.0 Å². The number of likely N-dealkylation sites (tertiary alicyclic amines) is 1. The van der Waals surface area contributed by atoms with E-state index in [-0.39, 0.29) is 36.4 Å². The maximum Gasteiger partial charge on any atom is 0.455 e. The van der Waals surface area contributed by atoms with Crippen LogP contribution in [0.3, 0.4) is 0 Å². The Morgan fingerprint density at radius 1 is 1.11 bits per heavy atom. The lowest BCUT2D eigenvalue weighted by Gasteiger charge is -2.43. The number of benzene rings is 2. The summed E-state index contributed by atoms with van der Waals surface area (Å²) >= 11 is 3.50. The number of phenols is 1. The lowest BCUT2D eigenvalue weighted by Crippen LogP contribution is -2.46. The average molecular weight is 671 g/mol. The van der Waals surface area contributed by atoms with Gasteiger partial charge >= 0.3 is 7.12 Å². The first-order chi connectivity index (χ1) is 21.8. The molecule has 0 bridgehead atoms. The number of amides is 2. The Morgan fingerprint density at radius 3 is 2.67 bits per heavy atom. The van der Waals surface area contributed by atoms with Gasteiger partial charge in [-0.3, -0.25) is 19.5 Å². The topological polar surface area (TPSA) is 109 Å². The summed E-state index contributed by atoms with van der Waals surface area (Å²) in [5.41, 5.74) is 4.22. The van der Waals surface area contributed by atoms with Crippen LogP contribution in [-0.4, -0.2) is 58.2 Å². The van der Waals surface area contributed by atoms with Crippen LogP contribution in [0.15, 0.2) is 88.5 Å². The maximum atomic E-state index is 13.7. The molecule has 0 unspecified atom stereocenters. The fourth-order valence-electron chi connectivity index (χ4n) is 7.04. The molecule has 2 amide bonds. The second-order valence-corrected chi connectivity index (χ2v) is 12.8. The van der Waals surface area contributed by atoms with Gasteiger partial charge in [0.1, 0.15) is 18.1 Å². The van der Waals surface area contributed by atoms with E-state index in [2.05, 4.69) is 20.9 Å². The number of imide groups is 1. The molecule has 4 atom stereocenters. The summed E-state index contributed by atoms with van der Waals surface area (Å²) in [5, 5.41) is 21.6. The number of hydrogen-bond donors (Lipinski definition) is 2. The van der Waals surface area contributed by atoms with Crippen LogP contribution in [0.1, 0.15) is 43.9 Å². The predicted octanol–water partition coefficient (Wildman–Crippen LogP) is 6.16. The Bertz CT molecular complexity index is 1610. The van der Waals surface area contributed by atoms with Gasteiger partial charge in [0.15, 0.2) is 0 Å². The van der Waals surface area contributed by atoms with Crippen LogP contribution in [0.5, 0.6) is 11.5 Å². The number of aromatic nitrogens is 1. The summed E-state index contributed by atoms with van der Waals surface area (Å²) in [4.78, 5) is 33.2.